The first-order chi connectivity index (χ1) is 9.88. The van der Waals surface area contributed by atoms with E-state index >= 15 is 0 Å². The van der Waals surface area contributed by atoms with Crippen molar-refractivity contribution < 1.29 is 4.79 Å². The zero-order chi connectivity index (χ0) is 15.6. The van der Waals surface area contributed by atoms with E-state index in [1.165, 1.54) is 12.8 Å². The van der Waals surface area contributed by atoms with Gasteiger partial charge in [0.25, 0.3) is 0 Å². The third-order valence-corrected chi connectivity index (χ3v) is 4.31. The van der Waals surface area contributed by atoms with Crippen molar-refractivity contribution in [3.8, 4) is 0 Å². The number of nitrogens with zero attached hydrogens (tertiary/aromatic N) is 1. The van der Waals surface area contributed by atoms with Crippen molar-refractivity contribution in [2.24, 2.45) is 5.92 Å². The normalized spacial score (nSPS) is 16.3. The number of carbonyl (C=O) groups excluding carboxylic acids is 1. The molecule has 5 heteroatoms. The molecule has 1 unspecified atom stereocenters. The van der Waals surface area contributed by atoms with Gasteiger partial charge in [-0.1, -0.05) is 11.6 Å². The predicted octanol–water partition coefficient (Wildman–Crippen LogP) is 3.37. The average Bonchev–Trinajstić information content (AvgIpc) is 3.23. The number of halogens is 1. The summed E-state index contributed by atoms with van der Waals surface area (Å²) in [6.07, 6.45) is 2.57. The minimum absolute atomic E-state index is 0.00827. The summed E-state index contributed by atoms with van der Waals surface area (Å²) in [5, 5.41) is 3.42. The average molecular weight is 310 g/mol. The van der Waals surface area contributed by atoms with Gasteiger partial charge in [-0.05, 0) is 57.7 Å². The quantitative estimate of drug-likeness (QED) is 0.792. The Morgan fingerprint density at radius 3 is 2.62 bits per heavy atom. The Balaban J connectivity index is 2.01. The molecule has 116 valence electrons. The second kappa shape index (κ2) is 6.67. The summed E-state index contributed by atoms with van der Waals surface area (Å²) in [5.74, 6) is 0.750. The molecule has 0 aliphatic heterocycles. The zero-order valence-corrected chi connectivity index (χ0v) is 13.7. The summed E-state index contributed by atoms with van der Waals surface area (Å²) in [4.78, 5) is 14.7. The van der Waals surface area contributed by atoms with Gasteiger partial charge in [-0.25, -0.2) is 0 Å². The van der Waals surface area contributed by atoms with E-state index in [9.17, 15) is 4.79 Å². The van der Waals surface area contributed by atoms with Crippen molar-refractivity contribution in [2.45, 2.75) is 45.7 Å². The highest BCUT2D eigenvalue weighted by Crippen LogP contribution is 2.31. The van der Waals surface area contributed by atoms with Crippen molar-refractivity contribution in [1.82, 2.24) is 4.90 Å². The Labute approximate surface area is 131 Å². The molecule has 0 saturated heterocycles. The van der Waals surface area contributed by atoms with Gasteiger partial charge in [0.2, 0.25) is 5.91 Å². The zero-order valence-electron chi connectivity index (χ0n) is 12.9. The molecule has 1 aromatic carbocycles. The van der Waals surface area contributed by atoms with Crippen LogP contribution in [0.5, 0.6) is 0 Å². The van der Waals surface area contributed by atoms with E-state index in [4.69, 9.17) is 17.3 Å². The van der Waals surface area contributed by atoms with Crippen molar-refractivity contribution in [3.05, 3.63) is 23.2 Å². The number of benzene rings is 1. The number of hydrogen-bond acceptors (Lipinski definition) is 3. The van der Waals surface area contributed by atoms with Crippen LogP contribution in [0.1, 0.15) is 33.6 Å². The number of nitrogens with two attached hydrogens (primary N) is 1. The van der Waals surface area contributed by atoms with Crippen LogP contribution in [0.2, 0.25) is 5.02 Å². The van der Waals surface area contributed by atoms with E-state index < -0.39 is 0 Å². The first-order valence-corrected chi connectivity index (χ1v) is 7.88. The van der Waals surface area contributed by atoms with Crippen LogP contribution in [0.3, 0.4) is 0 Å². The molecule has 1 amide bonds. The van der Waals surface area contributed by atoms with Crippen LogP contribution >= 0.6 is 11.6 Å². The summed E-state index contributed by atoms with van der Waals surface area (Å²) in [6, 6.07) is 5.34. The van der Waals surface area contributed by atoms with E-state index in [0.29, 0.717) is 22.4 Å². The maximum atomic E-state index is 12.4. The lowest BCUT2D eigenvalue weighted by Gasteiger charge is -2.31. The smallest absolute Gasteiger partial charge is 0.241 e. The number of rotatable bonds is 6. The molecule has 0 radical (unpaired) electrons. The van der Waals surface area contributed by atoms with Gasteiger partial charge in [0.1, 0.15) is 0 Å². The fraction of sp³-hybridized carbons (Fsp3) is 0.562. The Morgan fingerprint density at radius 1 is 1.43 bits per heavy atom. The second-order valence-electron chi connectivity index (χ2n) is 6.14. The molecule has 21 heavy (non-hydrogen) atoms. The van der Waals surface area contributed by atoms with Gasteiger partial charge in [0.05, 0.1) is 16.8 Å². The van der Waals surface area contributed by atoms with E-state index in [-0.39, 0.29) is 11.9 Å². The molecule has 0 bridgehead atoms. The van der Waals surface area contributed by atoms with Gasteiger partial charge in [0.15, 0.2) is 0 Å². The molecule has 0 heterocycles. The maximum absolute atomic E-state index is 12.4. The Morgan fingerprint density at radius 2 is 2.10 bits per heavy atom. The van der Waals surface area contributed by atoms with Gasteiger partial charge in [-0.15, -0.1) is 0 Å². The van der Waals surface area contributed by atoms with Gasteiger partial charge in [0, 0.05) is 18.3 Å². The van der Waals surface area contributed by atoms with E-state index in [0.717, 1.165) is 12.5 Å². The molecule has 0 spiro atoms. The standard InChI is InChI=1S/C16H24ClN3O/c1-10(2)20(9-12-4-5-12)11(3)16(21)19-13-6-7-14(17)15(18)8-13/h6-8,10-12H,4-5,9,18H2,1-3H3,(H,19,21). The third-order valence-electron chi connectivity index (χ3n) is 3.97. The first-order valence-electron chi connectivity index (χ1n) is 7.50. The van der Waals surface area contributed by atoms with E-state index in [2.05, 4.69) is 24.1 Å². The molecule has 3 N–H and O–H groups in total. The molecule has 0 aromatic heterocycles. The third kappa shape index (κ3) is 4.35. The fourth-order valence-corrected chi connectivity index (χ4v) is 2.55. The van der Waals surface area contributed by atoms with Gasteiger partial charge in [-0.3, -0.25) is 9.69 Å². The molecular weight excluding hydrogens is 286 g/mol. The highest BCUT2D eigenvalue weighted by Gasteiger charge is 2.30. The topological polar surface area (TPSA) is 58.4 Å². The molecule has 2 rings (SSSR count). The van der Waals surface area contributed by atoms with Crippen molar-refractivity contribution in [1.29, 1.82) is 0 Å². The Kier molecular flexibility index (Phi) is 5.12. The highest BCUT2D eigenvalue weighted by atomic mass is 35.5. The monoisotopic (exact) mass is 309 g/mol. The maximum Gasteiger partial charge on any atom is 0.241 e. The predicted molar refractivity (Wildman–Crippen MR) is 88.5 cm³/mol. The van der Waals surface area contributed by atoms with Gasteiger partial charge >= 0.3 is 0 Å². The van der Waals surface area contributed by atoms with Crippen LogP contribution in [-0.2, 0) is 4.79 Å². The summed E-state index contributed by atoms with van der Waals surface area (Å²) >= 11 is 5.89. The summed E-state index contributed by atoms with van der Waals surface area (Å²) in [6.45, 7) is 7.21. The second-order valence-corrected chi connectivity index (χ2v) is 6.54. The lowest BCUT2D eigenvalue weighted by atomic mass is 10.1. The van der Waals surface area contributed by atoms with Gasteiger partial charge < -0.3 is 11.1 Å². The van der Waals surface area contributed by atoms with Gasteiger partial charge in [-0.2, -0.15) is 0 Å². The molecule has 1 aliphatic carbocycles. The number of hydrogen-bond donors (Lipinski definition) is 2. The van der Waals surface area contributed by atoms with Crippen molar-refractivity contribution in [3.63, 3.8) is 0 Å². The lowest BCUT2D eigenvalue weighted by Crippen LogP contribution is -2.46. The number of amides is 1. The van der Waals surface area contributed by atoms with Crippen LogP contribution in [0.25, 0.3) is 0 Å². The number of carbonyl (C=O) groups is 1. The molecule has 1 aromatic rings. The lowest BCUT2D eigenvalue weighted by molar-refractivity contribution is -0.121. The van der Waals surface area contributed by atoms with Crippen molar-refractivity contribution >= 4 is 28.9 Å². The Bertz CT molecular complexity index is 514. The van der Waals surface area contributed by atoms with E-state index in [1.54, 1.807) is 18.2 Å². The van der Waals surface area contributed by atoms with E-state index in [1.807, 2.05) is 6.92 Å². The van der Waals surface area contributed by atoms with Crippen LogP contribution in [0.4, 0.5) is 11.4 Å². The molecule has 1 atom stereocenters. The summed E-state index contributed by atoms with van der Waals surface area (Å²) < 4.78 is 0. The van der Waals surface area contributed by atoms with Crippen LogP contribution in [0, 0.1) is 5.92 Å². The fourth-order valence-electron chi connectivity index (χ4n) is 2.43. The number of nitrogen functional groups attached to an aromatic ring is 1. The molecule has 1 saturated carbocycles. The minimum atomic E-state index is -0.164. The summed E-state index contributed by atoms with van der Waals surface area (Å²) in [5.41, 5.74) is 6.92. The van der Waals surface area contributed by atoms with Crippen molar-refractivity contribution in [2.75, 3.05) is 17.6 Å². The SMILES string of the molecule is CC(C)N(CC1CC1)C(C)C(=O)Nc1ccc(Cl)c(N)c1. The van der Waals surface area contributed by atoms with Crippen LogP contribution in [-0.4, -0.2) is 29.4 Å². The molecule has 1 fully saturated rings. The van der Waals surface area contributed by atoms with Crippen LogP contribution < -0.4 is 11.1 Å². The van der Waals surface area contributed by atoms with Crippen LogP contribution in [0.15, 0.2) is 18.2 Å². The molecule has 4 nitrogen and oxygen atoms in total. The largest absolute Gasteiger partial charge is 0.397 e. The summed E-state index contributed by atoms with van der Waals surface area (Å²) in [7, 11) is 0. The molecular formula is C16H24ClN3O. The minimum Gasteiger partial charge on any atom is -0.397 e. The highest BCUT2D eigenvalue weighted by molar-refractivity contribution is 6.33. The first kappa shape index (κ1) is 16.1. The number of anilines is 2. The molecule has 1 aliphatic rings. The Hall–Kier alpha value is -1.26. The number of nitrogens with one attached hydrogen (secondary N) is 1.